The largest absolute Gasteiger partial charge is 0.455 e. The normalized spacial score (nSPS) is 12.3. The Hall–Kier alpha value is -1.42. The van der Waals surface area contributed by atoms with Gasteiger partial charge in [0.2, 0.25) is 0 Å². The summed E-state index contributed by atoms with van der Waals surface area (Å²) in [7, 11) is 0. The summed E-state index contributed by atoms with van der Waals surface area (Å²) >= 11 is 0. The van der Waals surface area contributed by atoms with Crippen molar-refractivity contribution < 1.29 is 18.7 Å². The number of hydrogen-bond donors (Lipinski definition) is 0. The molecule has 22 heavy (non-hydrogen) atoms. The lowest BCUT2D eigenvalue weighted by atomic mass is 9.93. The molecule has 0 aliphatic carbocycles. The van der Waals surface area contributed by atoms with Crippen LogP contribution in [0.3, 0.4) is 0 Å². The molecule has 0 spiro atoms. The number of ether oxygens (including phenoxy) is 2. The van der Waals surface area contributed by atoms with Crippen molar-refractivity contribution in [2.24, 2.45) is 0 Å². The highest BCUT2D eigenvalue weighted by molar-refractivity contribution is 5.89. The van der Waals surface area contributed by atoms with Gasteiger partial charge in [0, 0.05) is 6.42 Å². The van der Waals surface area contributed by atoms with Gasteiger partial charge in [-0.3, -0.25) is 0 Å². The van der Waals surface area contributed by atoms with Crippen molar-refractivity contribution in [3.05, 3.63) is 35.6 Å². The predicted molar refractivity (Wildman–Crippen MR) is 85.5 cm³/mol. The molecular formula is C18H27FO3. The number of benzene rings is 1. The van der Waals surface area contributed by atoms with Crippen LogP contribution in [0, 0.1) is 5.82 Å². The Morgan fingerprint density at radius 1 is 1.09 bits per heavy atom. The number of halogens is 1. The van der Waals surface area contributed by atoms with E-state index in [0.29, 0.717) is 31.4 Å². The molecule has 0 N–H and O–H groups in total. The van der Waals surface area contributed by atoms with E-state index in [9.17, 15) is 9.18 Å². The summed E-state index contributed by atoms with van der Waals surface area (Å²) in [6.45, 7) is 10.5. The van der Waals surface area contributed by atoms with Crippen molar-refractivity contribution in [3.8, 4) is 0 Å². The van der Waals surface area contributed by atoms with Crippen LogP contribution in [0.2, 0.25) is 0 Å². The van der Waals surface area contributed by atoms with E-state index in [2.05, 4.69) is 0 Å². The van der Waals surface area contributed by atoms with Crippen LogP contribution in [0.25, 0.3) is 0 Å². The predicted octanol–water partition coefficient (Wildman–Crippen LogP) is 4.75. The van der Waals surface area contributed by atoms with E-state index in [1.54, 1.807) is 0 Å². The summed E-state index contributed by atoms with van der Waals surface area (Å²) in [5.74, 6) is -0.785. The first kappa shape index (κ1) is 18.6. The van der Waals surface area contributed by atoms with Crippen molar-refractivity contribution in [1.29, 1.82) is 0 Å². The third-order valence-electron chi connectivity index (χ3n) is 3.77. The number of hydrogen-bond acceptors (Lipinski definition) is 3. The minimum absolute atomic E-state index is 0.214. The van der Waals surface area contributed by atoms with Crippen LogP contribution >= 0.6 is 0 Å². The Bertz CT molecular complexity index is 470. The van der Waals surface area contributed by atoms with Gasteiger partial charge in [0.25, 0.3) is 0 Å². The summed E-state index contributed by atoms with van der Waals surface area (Å²) in [6, 6.07) is 5.41. The van der Waals surface area contributed by atoms with Gasteiger partial charge in [-0.15, -0.1) is 0 Å². The molecule has 0 radical (unpaired) electrons. The lowest BCUT2D eigenvalue weighted by Gasteiger charge is -2.33. The first-order chi connectivity index (χ1) is 10.2. The summed E-state index contributed by atoms with van der Waals surface area (Å²) in [5.41, 5.74) is -0.394. The van der Waals surface area contributed by atoms with Crippen LogP contribution in [0.4, 0.5) is 4.39 Å². The molecule has 0 aliphatic rings. The molecule has 1 aromatic carbocycles. The fraction of sp³-hybridized carbons (Fsp3) is 0.611. The van der Waals surface area contributed by atoms with Gasteiger partial charge in [-0.25, -0.2) is 9.18 Å². The molecule has 0 unspecified atom stereocenters. The Labute approximate surface area is 132 Å². The molecule has 0 saturated carbocycles. The van der Waals surface area contributed by atoms with Gasteiger partial charge in [0.1, 0.15) is 11.4 Å². The molecule has 0 aromatic heterocycles. The molecule has 124 valence electrons. The number of rotatable bonds is 7. The quantitative estimate of drug-likeness (QED) is 0.682. The van der Waals surface area contributed by atoms with Crippen molar-refractivity contribution >= 4 is 5.97 Å². The SMILES string of the molecule is CCC(CC)(CCOC(C)(C)C)OC(=O)c1ccc(F)cc1. The van der Waals surface area contributed by atoms with Crippen LogP contribution in [-0.4, -0.2) is 23.8 Å². The first-order valence-electron chi connectivity index (χ1n) is 7.84. The molecule has 1 rings (SSSR count). The van der Waals surface area contributed by atoms with Gasteiger partial charge in [-0.2, -0.15) is 0 Å². The Kier molecular flexibility index (Phi) is 6.54. The molecule has 4 heteroatoms. The van der Waals surface area contributed by atoms with Gasteiger partial charge >= 0.3 is 5.97 Å². The highest BCUT2D eigenvalue weighted by atomic mass is 19.1. The Morgan fingerprint density at radius 3 is 2.09 bits per heavy atom. The Balaban J connectivity index is 2.73. The molecule has 3 nitrogen and oxygen atoms in total. The summed E-state index contributed by atoms with van der Waals surface area (Å²) in [4.78, 5) is 12.3. The summed E-state index contributed by atoms with van der Waals surface area (Å²) in [6.07, 6.45) is 2.07. The standard InChI is InChI=1S/C18H27FO3/c1-6-18(7-2,12-13-21-17(3,4)5)22-16(20)14-8-10-15(19)11-9-14/h8-11H,6-7,12-13H2,1-5H3. The van der Waals surface area contributed by atoms with Crippen molar-refractivity contribution in [1.82, 2.24) is 0 Å². The maximum absolute atomic E-state index is 12.9. The van der Waals surface area contributed by atoms with E-state index in [-0.39, 0.29) is 11.4 Å². The summed E-state index contributed by atoms with van der Waals surface area (Å²) in [5, 5.41) is 0. The second-order valence-corrected chi connectivity index (χ2v) is 6.50. The van der Waals surface area contributed by atoms with Crippen LogP contribution in [-0.2, 0) is 9.47 Å². The topological polar surface area (TPSA) is 35.5 Å². The van der Waals surface area contributed by atoms with Gasteiger partial charge in [-0.1, -0.05) is 13.8 Å². The molecular weight excluding hydrogens is 283 g/mol. The third-order valence-corrected chi connectivity index (χ3v) is 3.77. The lowest BCUT2D eigenvalue weighted by molar-refractivity contribution is -0.0637. The van der Waals surface area contributed by atoms with E-state index >= 15 is 0 Å². The monoisotopic (exact) mass is 310 g/mol. The van der Waals surface area contributed by atoms with Crippen LogP contribution in [0.1, 0.15) is 64.2 Å². The molecule has 0 amide bonds. The van der Waals surface area contributed by atoms with Crippen LogP contribution < -0.4 is 0 Å². The Morgan fingerprint density at radius 2 is 1.64 bits per heavy atom. The van der Waals surface area contributed by atoms with Gasteiger partial charge < -0.3 is 9.47 Å². The lowest BCUT2D eigenvalue weighted by Crippen LogP contribution is -2.36. The van der Waals surface area contributed by atoms with E-state index < -0.39 is 11.6 Å². The third kappa shape index (κ3) is 5.76. The van der Waals surface area contributed by atoms with Crippen LogP contribution in [0.5, 0.6) is 0 Å². The van der Waals surface area contributed by atoms with Gasteiger partial charge in [-0.05, 0) is 57.9 Å². The number of carbonyl (C=O) groups excluding carboxylic acids is 1. The molecule has 0 heterocycles. The minimum atomic E-state index is -0.545. The smallest absolute Gasteiger partial charge is 0.338 e. The maximum Gasteiger partial charge on any atom is 0.338 e. The zero-order chi connectivity index (χ0) is 16.8. The number of esters is 1. The zero-order valence-electron chi connectivity index (χ0n) is 14.2. The fourth-order valence-electron chi connectivity index (χ4n) is 2.18. The van der Waals surface area contributed by atoms with E-state index in [1.807, 2.05) is 34.6 Å². The zero-order valence-corrected chi connectivity index (χ0v) is 14.2. The number of carbonyl (C=O) groups is 1. The second-order valence-electron chi connectivity index (χ2n) is 6.50. The first-order valence-corrected chi connectivity index (χ1v) is 7.84. The molecule has 0 fully saturated rings. The molecule has 1 aromatic rings. The van der Waals surface area contributed by atoms with Crippen molar-refractivity contribution in [2.45, 2.75) is 65.1 Å². The molecule has 0 bridgehead atoms. The van der Waals surface area contributed by atoms with E-state index in [0.717, 1.165) is 0 Å². The fourth-order valence-corrected chi connectivity index (χ4v) is 2.18. The van der Waals surface area contributed by atoms with E-state index in [1.165, 1.54) is 24.3 Å². The highest BCUT2D eigenvalue weighted by Gasteiger charge is 2.31. The summed E-state index contributed by atoms with van der Waals surface area (Å²) < 4.78 is 24.4. The maximum atomic E-state index is 12.9. The second kappa shape index (κ2) is 7.73. The average molecular weight is 310 g/mol. The highest BCUT2D eigenvalue weighted by Crippen LogP contribution is 2.27. The van der Waals surface area contributed by atoms with Crippen molar-refractivity contribution in [3.63, 3.8) is 0 Å². The average Bonchev–Trinajstić information content (AvgIpc) is 2.45. The molecule has 0 saturated heterocycles. The van der Waals surface area contributed by atoms with Gasteiger partial charge in [0.15, 0.2) is 0 Å². The minimum Gasteiger partial charge on any atom is -0.455 e. The molecule has 0 aliphatic heterocycles. The van der Waals surface area contributed by atoms with Crippen LogP contribution in [0.15, 0.2) is 24.3 Å². The van der Waals surface area contributed by atoms with E-state index in [4.69, 9.17) is 9.47 Å². The van der Waals surface area contributed by atoms with Gasteiger partial charge in [0.05, 0.1) is 17.8 Å². The van der Waals surface area contributed by atoms with Crippen molar-refractivity contribution in [2.75, 3.05) is 6.61 Å². The molecule has 0 atom stereocenters.